The molecule has 1 atom stereocenters. The standard InChI is InChI=1S/C19H20N6O/c1-14-21-10-8-18(22-14)24-11-3-5-16(24)13-25-19(26)7-6-17(23-25)15-4-2-9-20-12-15/h2,4,6-10,12,16H,3,5,11,13H2,1H3. The van der Waals surface area contributed by atoms with Crippen LogP contribution in [0.25, 0.3) is 11.3 Å². The van der Waals surface area contributed by atoms with Gasteiger partial charge in [-0.2, -0.15) is 5.10 Å². The lowest BCUT2D eigenvalue weighted by Gasteiger charge is -2.26. The van der Waals surface area contributed by atoms with Gasteiger partial charge in [-0.3, -0.25) is 9.78 Å². The third kappa shape index (κ3) is 3.33. The van der Waals surface area contributed by atoms with Crippen molar-refractivity contribution in [3.63, 3.8) is 0 Å². The van der Waals surface area contributed by atoms with Crippen LogP contribution in [0.15, 0.2) is 53.7 Å². The molecule has 0 bridgehead atoms. The second-order valence-corrected chi connectivity index (χ2v) is 6.43. The average Bonchev–Trinajstić information content (AvgIpc) is 3.12. The van der Waals surface area contributed by atoms with Crippen LogP contribution in [0, 0.1) is 6.92 Å². The molecule has 1 unspecified atom stereocenters. The van der Waals surface area contributed by atoms with Gasteiger partial charge in [-0.05, 0) is 44.0 Å². The fraction of sp³-hybridized carbons (Fsp3) is 0.316. The Balaban J connectivity index is 1.61. The number of nitrogens with zero attached hydrogens (tertiary/aromatic N) is 6. The summed E-state index contributed by atoms with van der Waals surface area (Å²) in [4.78, 5) is 27.4. The highest BCUT2D eigenvalue weighted by molar-refractivity contribution is 5.56. The lowest BCUT2D eigenvalue weighted by molar-refractivity contribution is 0.488. The monoisotopic (exact) mass is 348 g/mol. The Bertz CT molecular complexity index is 955. The van der Waals surface area contributed by atoms with Gasteiger partial charge in [-0.1, -0.05) is 0 Å². The normalized spacial score (nSPS) is 16.8. The van der Waals surface area contributed by atoms with Crippen molar-refractivity contribution in [3.05, 3.63) is 65.1 Å². The molecule has 0 spiro atoms. The van der Waals surface area contributed by atoms with E-state index < -0.39 is 0 Å². The van der Waals surface area contributed by atoms with E-state index >= 15 is 0 Å². The third-order valence-corrected chi connectivity index (χ3v) is 4.64. The van der Waals surface area contributed by atoms with Gasteiger partial charge in [0.2, 0.25) is 0 Å². The van der Waals surface area contributed by atoms with E-state index in [2.05, 4.69) is 25.0 Å². The molecule has 1 aliphatic rings. The van der Waals surface area contributed by atoms with Crippen LogP contribution in [0.4, 0.5) is 5.82 Å². The topological polar surface area (TPSA) is 76.8 Å². The molecular formula is C19H20N6O. The zero-order valence-electron chi connectivity index (χ0n) is 14.6. The summed E-state index contributed by atoms with van der Waals surface area (Å²) in [6, 6.07) is 9.24. The summed E-state index contributed by atoms with van der Waals surface area (Å²) in [5.74, 6) is 1.67. The molecule has 3 aromatic heterocycles. The number of aromatic nitrogens is 5. The zero-order chi connectivity index (χ0) is 17.9. The molecular weight excluding hydrogens is 328 g/mol. The summed E-state index contributed by atoms with van der Waals surface area (Å²) >= 11 is 0. The predicted octanol–water partition coefficient (Wildman–Crippen LogP) is 2.07. The van der Waals surface area contributed by atoms with Crippen molar-refractivity contribution < 1.29 is 0 Å². The molecule has 1 fully saturated rings. The van der Waals surface area contributed by atoms with E-state index in [-0.39, 0.29) is 11.6 Å². The maximum atomic E-state index is 12.3. The molecule has 0 amide bonds. The van der Waals surface area contributed by atoms with Gasteiger partial charge in [0.05, 0.1) is 18.3 Å². The van der Waals surface area contributed by atoms with Crippen molar-refractivity contribution in [2.24, 2.45) is 0 Å². The highest BCUT2D eigenvalue weighted by atomic mass is 16.1. The Morgan fingerprint density at radius 3 is 2.92 bits per heavy atom. The molecule has 1 saturated heterocycles. The Kier molecular flexibility index (Phi) is 4.43. The molecule has 0 saturated carbocycles. The molecule has 0 radical (unpaired) electrons. The molecule has 0 aromatic carbocycles. The van der Waals surface area contributed by atoms with Gasteiger partial charge in [0.15, 0.2) is 0 Å². The van der Waals surface area contributed by atoms with Gasteiger partial charge in [-0.15, -0.1) is 0 Å². The average molecular weight is 348 g/mol. The molecule has 0 aliphatic carbocycles. The first-order valence-corrected chi connectivity index (χ1v) is 8.75. The molecule has 4 heterocycles. The smallest absolute Gasteiger partial charge is 0.266 e. The highest BCUT2D eigenvalue weighted by Gasteiger charge is 2.26. The fourth-order valence-corrected chi connectivity index (χ4v) is 3.38. The summed E-state index contributed by atoms with van der Waals surface area (Å²) in [5, 5.41) is 4.56. The Morgan fingerprint density at radius 2 is 2.12 bits per heavy atom. The number of aryl methyl sites for hydroxylation is 1. The summed E-state index contributed by atoms with van der Waals surface area (Å²) in [5.41, 5.74) is 1.56. The Morgan fingerprint density at radius 1 is 1.19 bits per heavy atom. The quantitative estimate of drug-likeness (QED) is 0.718. The molecule has 132 valence electrons. The van der Waals surface area contributed by atoms with Crippen molar-refractivity contribution in [2.45, 2.75) is 32.4 Å². The predicted molar refractivity (Wildman–Crippen MR) is 98.9 cm³/mol. The van der Waals surface area contributed by atoms with Gasteiger partial charge >= 0.3 is 0 Å². The maximum absolute atomic E-state index is 12.3. The molecule has 26 heavy (non-hydrogen) atoms. The lowest BCUT2D eigenvalue weighted by atomic mass is 10.2. The van der Waals surface area contributed by atoms with Crippen LogP contribution in [0.1, 0.15) is 18.7 Å². The summed E-state index contributed by atoms with van der Waals surface area (Å²) in [6.07, 6.45) is 7.34. The molecule has 7 nitrogen and oxygen atoms in total. The second kappa shape index (κ2) is 7.03. The molecule has 1 aliphatic heterocycles. The van der Waals surface area contributed by atoms with E-state index in [0.717, 1.165) is 42.3 Å². The number of hydrogen-bond donors (Lipinski definition) is 0. The Labute approximate surface area is 151 Å². The van der Waals surface area contributed by atoms with Crippen LogP contribution in [0.2, 0.25) is 0 Å². The van der Waals surface area contributed by atoms with Crippen LogP contribution in [-0.2, 0) is 6.54 Å². The molecule has 4 rings (SSSR count). The van der Waals surface area contributed by atoms with Crippen molar-refractivity contribution in [1.29, 1.82) is 0 Å². The summed E-state index contributed by atoms with van der Waals surface area (Å²) in [7, 11) is 0. The zero-order valence-corrected chi connectivity index (χ0v) is 14.6. The molecule has 0 N–H and O–H groups in total. The molecule has 7 heteroatoms. The van der Waals surface area contributed by atoms with Crippen LogP contribution in [0.5, 0.6) is 0 Å². The van der Waals surface area contributed by atoms with Crippen LogP contribution >= 0.6 is 0 Å². The third-order valence-electron chi connectivity index (χ3n) is 4.64. The van der Waals surface area contributed by atoms with E-state index in [1.54, 1.807) is 35.4 Å². The van der Waals surface area contributed by atoms with Crippen LogP contribution in [-0.4, -0.2) is 37.3 Å². The molecule has 3 aromatic rings. The van der Waals surface area contributed by atoms with E-state index in [1.807, 2.05) is 25.1 Å². The number of hydrogen-bond acceptors (Lipinski definition) is 6. The first-order chi connectivity index (χ1) is 12.7. The maximum Gasteiger partial charge on any atom is 0.266 e. The van der Waals surface area contributed by atoms with Gasteiger partial charge < -0.3 is 4.90 Å². The second-order valence-electron chi connectivity index (χ2n) is 6.43. The number of anilines is 1. The van der Waals surface area contributed by atoms with Gasteiger partial charge in [-0.25, -0.2) is 14.6 Å². The van der Waals surface area contributed by atoms with Crippen LogP contribution in [0.3, 0.4) is 0 Å². The van der Waals surface area contributed by atoms with Gasteiger partial charge in [0.25, 0.3) is 5.56 Å². The Hall–Kier alpha value is -3.09. The summed E-state index contributed by atoms with van der Waals surface area (Å²) < 4.78 is 1.55. The van der Waals surface area contributed by atoms with E-state index in [0.29, 0.717) is 6.54 Å². The van der Waals surface area contributed by atoms with Crippen molar-refractivity contribution in [3.8, 4) is 11.3 Å². The number of rotatable bonds is 4. The largest absolute Gasteiger partial charge is 0.352 e. The minimum absolute atomic E-state index is 0.0941. The van der Waals surface area contributed by atoms with E-state index in [9.17, 15) is 4.79 Å². The fourth-order valence-electron chi connectivity index (χ4n) is 3.38. The minimum Gasteiger partial charge on any atom is -0.352 e. The lowest BCUT2D eigenvalue weighted by Crippen LogP contribution is -2.37. The van der Waals surface area contributed by atoms with E-state index in [1.165, 1.54) is 0 Å². The summed E-state index contributed by atoms with van der Waals surface area (Å²) in [6.45, 7) is 3.35. The highest BCUT2D eigenvalue weighted by Crippen LogP contribution is 2.24. The van der Waals surface area contributed by atoms with Gasteiger partial charge in [0.1, 0.15) is 11.6 Å². The van der Waals surface area contributed by atoms with Crippen molar-refractivity contribution in [1.82, 2.24) is 24.7 Å². The number of pyridine rings is 1. The van der Waals surface area contributed by atoms with Gasteiger partial charge in [0, 0.05) is 36.8 Å². The minimum atomic E-state index is -0.0941. The first kappa shape index (κ1) is 16.4. The first-order valence-electron chi connectivity index (χ1n) is 8.75. The van der Waals surface area contributed by atoms with Crippen molar-refractivity contribution >= 4 is 5.82 Å². The van der Waals surface area contributed by atoms with E-state index in [4.69, 9.17) is 0 Å². The van der Waals surface area contributed by atoms with Crippen molar-refractivity contribution in [2.75, 3.05) is 11.4 Å². The SMILES string of the molecule is Cc1nccc(N2CCCC2Cn2nc(-c3cccnc3)ccc2=O)n1. The van der Waals surface area contributed by atoms with Crippen LogP contribution < -0.4 is 10.5 Å².